The molecule has 2 aromatic carbocycles. The molecule has 2 aromatic heterocycles. The summed E-state index contributed by atoms with van der Waals surface area (Å²) < 4.78 is 68.3. The molecule has 0 spiro atoms. The number of methoxy groups -OCH3 is 1. The summed E-state index contributed by atoms with van der Waals surface area (Å²) in [4.78, 5) is 35.1. The van der Waals surface area contributed by atoms with Crippen molar-refractivity contribution in [3.05, 3.63) is 48.0 Å². The molecule has 0 bridgehead atoms. The molecule has 2 aliphatic rings. The van der Waals surface area contributed by atoms with Gasteiger partial charge in [0.2, 0.25) is 0 Å². The average Bonchev–Trinajstić information content (AvgIpc) is 3.52. The first-order valence-corrected chi connectivity index (χ1v) is 21.7. The number of carbonyl (C=O) groups is 2. The van der Waals surface area contributed by atoms with Crippen LogP contribution >= 0.6 is 0 Å². The van der Waals surface area contributed by atoms with Gasteiger partial charge >= 0.3 is 11.9 Å². The number of carbonyl (C=O) groups excluding carboxylic acids is 2. The maximum Gasteiger partial charge on any atom is 0.322 e. The van der Waals surface area contributed by atoms with Crippen molar-refractivity contribution in [2.24, 2.45) is 16.7 Å². The first kappa shape index (κ1) is 38.9. The lowest BCUT2D eigenvalue weighted by molar-refractivity contribution is -0.157. The predicted molar refractivity (Wildman–Crippen MR) is 202 cm³/mol. The second-order valence-electron chi connectivity index (χ2n) is 17.4. The van der Waals surface area contributed by atoms with Gasteiger partial charge in [0.1, 0.15) is 17.2 Å². The molecule has 4 aromatic rings. The minimum Gasteiger partial charge on any atom is -0.468 e. The highest BCUT2D eigenvalue weighted by molar-refractivity contribution is 7.92. The van der Waals surface area contributed by atoms with Crippen molar-refractivity contribution < 1.29 is 35.9 Å². The zero-order chi connectivity index (χ0) is 38.6. The van der Waals surface area contributed by atoms with Crippen LogP contribution in [0.15, 0.2) is 46.2 Å². The van der Waals surface area contributed by atoms with E-state index in [9.17, 15) is 26.4 Å². The molecule has 0 saturated heterocycles. The van der Waals surface area contributed by atoms with Gasteiger partial charge in [0.15, 0.2) is 31.2 Å². The lowest BCUT2D eigenvalue weighted by atomic mass is 9.91. The number of imidazole rings is 2. The Labute approximate surface area is 312 Å². The highest BCUT2D eigenvalue weighted by Gasteiger charge is 2.40. The molecule has 288 valence electrons. The number of rotatable bonds is 13. The van der Waals surface area contributed by atoms with Gasteiger partial charge in [-0.3, -0.25) is 9.59 Å². The molecule has 6 rings (SSSR count). The van der Waals surface area contributed by atoms with E-state index in [1.54, 1.807) is 24.3 Å². The SMILES string of the molecule is COC(=O)CS(=O)(=O)c1ccc2c(c1)nc(CC(C)(C)C)n2CC1(OC(=O)CS(=O)(=O)c2ccc3c(c2)nc(CC(C)(C)C)n3CC2CC2)CCCC1. The average molecular weight is 769 g/mol. The van der Waals surface area contributed by atoms with Crippen LogP contribution in [0.5, 0.6) is 0 Å². The first-order chi connectivity index (χ1) is 24.7. The standard InChI is InChI=1S/C39H52N4O8S2/c1-37(2,3)20-33-40-29-18-28(12-14-31(29)42(33)22-26-10-11-26)53(48,49)24-36(45)51-39(16-8-9-17-39)25-43-32-15-13-27(52(46,47)23-35(44)50-7)19-30(32)41-34(43)21-38(4,5)6/h12-15,18-19,26H,8-11,16-17,20-25H2,1-7H3. The minimum atomic E-state index is -4.06. The van der Waals surface area contributed by atoms with Crippen molar-refractivity contribution in [2.45, 2.75) is 121 Å². The van der Waals surface area contributed by atoms with E-state index < -0.39 is 48.7 Å². The normalized spacial score (nSPS) is 16.7. The van der Waals surface area contributed by atoms with Crippen LogP contribution in [0.4, 0.5) is 0 Å². The third-order valence-electron chi connectivity index (χ3n) is 9.97. The highest BCUT2D eigenvalue weighted by atomic mass is 32.2. The Hall–Kier alpha value is -3.78. The smallest absolute Gasteiger partial charge is 0.322 e. The van der Waals surface area contributed by atoms with E-state index in [0.29, 0.717) is 47.6 Å². The van der Waals surface area contributed by atoms with Crippen LogP contribution in [0.3, 0.4) is 0 Å². The lowest BCUT2D eigenvalue weighted by Gasteiger charge is -2.31. The largest absolute Gasteiger partial charge is 0.468 e. The van der Waals surface area contributed by atoms with E-state index in [1.165, 1.54) is 25.0 Å². The Morgan fingerprint density at radius 3 is 1.70 bits per heavy atom. The van der Waals surface area contributed by atoms with E-state index in [2.05, 4.69) is 50.8 Å². The minimum absolute atomic E-state index is 0.00334. The molecule has 2 fully saturated rings. The number of hydrogen-bond donors (Lipinski definition) is 0. The highest BCUT2D eigenvalue weighted by Crippen LogP contribution is 2.38. The fourth-order valence-electron chi connectivity index (χ4n) is 7.27. The second-order valence-corrected chi connectivity index (χ2v) is 21.4. The van der Waals surface area contributed by atoms with Gasteiger partial charge in [0.05, 0.1) is 45.5 Å². The van der Waals surface area contributed by atoms with E-state index in [4.69, 9.17) is 14.7 Å². The molecule has 0 unspecified atom stereocenters. The molecule has 2 heterocycles. The number of sulfone groups is 2. The summed E-state index contributed by atoms with van der Waals surface area (Å²) >= 11 is 0. The summed E-state index contributed by atoms with van der Waals surface area (Å²) in [5, 5.41) is 0. The van der Waals surface area contributed by atoms with E-state index in [1.807, 2.05) is 4.57 Å². The van der Waals surface area contributed by atoms with Crippen molar-refractivity contribution in [1.29, 1.82) is 0 Å². The van der Waals surface area contributed by atoms with Crippen LogP contribution < -0.4 is 0 Å². The van der Waals surface area contributed by atoms with Gasteiger partial charge in [-0.15, -0.1) is 0 Å². The predicted octanol–water partition coefficient (Wildman–Crippen LogP) is 6.25. The first-order valence-electron chi connectivity index (χ1n) is 18.4. The van der Waals surface area contributed by atoms with Crippen molar-refractivity contribution in [1.82, 2.24) is 19.1 Å². The van der Waals surface area contributed by atoms with Gasteiger partial charge in [0, 0.05) is 19.4 Å². The van der Waals surface area contributed by atoms with Crippen LogP contribution in [0.2, 0.25) is 0 Å². The Bertz CT molecular complexity index is 2260. The van der Waals surface area contributed by atoms with Gasteiger partial charge in [-0.2, -0.15) is 0 Å². The number of esters is 2. The Balaban J connectivity index is 1.26. The van der Waals surface area contributed by atoms with E-state index in [0.717, 1.165) is 44.3 Å². The number of ether oxygens (including phenoxy) is 2. The quantitative estimate of drug-likeness (QED) is 0.143. The Morgan fingerprint density at radius 2 is 1.23 bits per heavy atom. The molecule has 2 saturated carbocycles. The zero-order valence-corrected chi connectivity index (χ0v) is 33.5. The topological polar surface area (TPSA) is 157 Å². The molecular weight excluding hydrogens is 717 g/mol. The molecule has 0 N–H and O–H groups in total. The van der Waals surface area contributed by atoms with Crippen molar-refractivity contribution in [3.63, 3.8) is 0 Å². The van der Waals surface area contributed by atoms with Crippen LogP contribution in [0.25, 0.3) is 22.1 Å². The summed E-state index contributed by atoms with van der Waals surface area (Å²) in [6, 6.07) is 9.50. The van der Waals surface area contributed by atoms with Gasteiger partial charge in [-0.1, -0.05) is 41.5 Å². The van der Waals surface area contributed by atoms with Crippen LogP contribution in [-0.4, -0.2) is 72.1 Å². The molecule has 2 aliphatic carbocycles. The summed E-state index contributed by atoms with van der Waals surface area (Å²) in [5.74, 6) is -1.04. The molecule has 0 atom stereocenters. The van der Waals surface area contributed by atoms with Gasteiger partial charge in [-0.25, -0.2) is 26.8 Å². The summed E-state index contributed by atoms with van der Waals surface area (Å²) in [6.45, 7) is 13.8. The molecule has 14 heteroatoms. The molecule has 0 amide bonds. The zero-order valence-electron chi connectivity index (χ0n) is 31.9. The fourth-order valence-corrected chi connectivity index (χ4v) is 9.53. The molecule has 53 heavy (non-hydrogen) atoms. The summed E-state index contributed by atoms with van der Waals surface area (Å²) in [7, 11) is -6.90. The van der Waals surface area contributed by atoms with Crippen LogP contribution in [0, 0.1) is 16.7 Å². The number of fused-ring (bicyclic) bond motifs is 2. The maximum absolute atomic E-state index is 13.7. The lowest BCUT2D eigenvalue weighted by Crippen LogP contribution is -2.39. The second kappa shape index (κ2) is 14.1. The molecule has 0 aliphatic heterocycles. The third kappa shape index (κ3) is 9.13. The Morgan fingerprint density at radius 1 is 0.755 bits per heavy atom. The number of hydrogen-bond acceptors (Lipinski definition) is 10. The van der Waals surface area contributed by atoms with Crippen molar-refractivity contribution in [2.75, 3.05) is 18.6 Å². The Kier molecular flexibility index (Phi) is 10.4. The van der Waals surface area contributed by atoms with Gasteiger partial charge in [0.25, 0.3) is 0 Å². The van der Waals surface area contributed by atoms with Gasteiger partial charge < -0.3 is 18.6 Å². The van der Waals surface area contributed by atoms with Crippen LogP contribution in [0.1, 0.15) is 91.7 Å². The fraction of sp³-hybridized carbons (Fsp3) is 0.590. The summed E-state index contributed by atoms with van der Waals surface area (Å²) in [5.41, 5.74) is 1.42. The van der Waals surface area contributed by atoms with Crippen molar-refractivity contribution in [3.8, 4) is 0 Å². The molecular formula is C39H52N4O8S2. The van der Waals surface area contributed by atoms with E-state index in [-0.39, 0.29) is 27.2 Å². The van der Waals surface area contributed by atoms with Crippen molar-refractivity contribution >= 4 is 53.7 Å². The summed E-state index contributed by atoms with van der Waals surface area (Å²) in [6.07, 6.45) is 6.35. The maximum atomic E-state index is 13.7. The van der Waals surface area contributed by atoms with Crippen LogP contribution in [-0.2, 0) is 64.7 Å². The number of nitrogens with zero attached hydrogens (tertiary/aromatic N) is 4. The third-order valence-corrected chi connectivity index (χ3v) is 13.1. The monoisotopic (exact) mass is 768 g/mol. The number of benzene rings is 2. The number of aromatic nitrogens is 4. The molecule has 12 nitrogen and oxygen atoms in total. The molecule has 0 radical (unpaired) electrons. The van der Waals surface area contributed by atoms with E-state index >= 15 is 0 Å². The van der Waals surface area contributed by atoms with Gasteiger partial charge in [-0.05, 0) is 91.7 Å².